The maximum Gasteiger partial charge on any atom is 0.412 e. The van der Waals surface area contributed by atoms with Crippen molar-refractivity contribution in [1.82, 2.24) is 14.6 Å². The lowest BCUT2D eigenvalue weighted by Gasteiger charge is -1.97. The summed E-state index contributed by atoms with van der Waals surface area (Å²) in [6.07, 6.45) is 4.41. The molecule has 6 nitrogen and oxygen atoms in total. The summed E-state index contributed by atoms with van der Waals surface area (Å²) >= 11 is 1.54. The largest absolute Gasteiger partial charge is 0.453 e. The molecule has 2 aromatic heterocycles. The number of aromatic nitrogens is 3. The van der Waals surface area contributed by atoms with E-state index in [9.17, 15) is 4.79 Å². The molecule has 0 aliphatic carbocycles. The first-order chi connectivity index (χ1) is 8.22. The van der Waals surface area contributed by atoms with E-state index in [1.807, 2.05) is 0 Å². The van der Waals surface area contributed by atoms with Crippen molar-refractivity contribution in [1.29, 1.82) is 0 Å². The molecule has 2 rings (SSSR count). The quantitative estimate of drug-likeness (QED) is 0.909. The lowest BCUT2D eigenvalue weighted by atomic mass is 10.3. The van der Waals surface area contributed by atoms with Crippen LogP contribution in [0.25, 0.3) is 4.96 Å². The zero-order valence-electron chi connectivity index (χ0n) is 9.77. The molecule has 0 bridgehead atoms. The van der Waals surface area contributed by atoms with Gasteiger partial charge in [0.2, 0.25) is 4.96 Å². The summed E-state index contributed by atoms with van der Waals surface area (Å²) in [5.74, 6) is 0.456. The number of hydrogen-bond acceptors (Lipinski definition) is 5. The Kier molecular flexibility index (Phi) is 3.58. The van der Waals surface area contributed by atoms with E-state index in [2.05, 4.69) is 27.1 Å². The van der Waals surface area contributed by atoms with Crippen molar-refractivity contribution >= 4 is 28.2 Å². The number of unbranched alkanes of at least 4 members (excludes halogenated alkanes) is 1. The van der Waals surface area contributed by atoms with Gasteiger partial charge in [-0.15, -0.1) is 0 Å². The molecule has 0 atom stereocenters. The second-order valence-electron chi connectivity index (χ2n) is 3.57. The van der Waals surface area contributed by atoms with E-state index in [0.717, 1.165) is 29.2 Å². The number of hydrogen-bond donors (Lipinski definition) is 1. The molecule has 0 saturated carbocycles. The van der Waals surface area contributed by atoms with Crippen molar-refractivity contribution in [2.75, 3.05) is 12.4 Å². The van der Waals surface area contributed by atoms with Gasteiger partial charge in [0.05, 0.1) is 13.3 Å². The summed E-state index contributed by atoms with van der Waals surface area (Å²) in [5, 5.41) is 7.96. The Hall–Kier alpha value is -1.63. The van der Waals surface area contributed by atoms with Gasteiger partial charge in [0.15, 0.2) is 5.82 Å². The number of amides is 1. The number of nitrogens with zero attached hydrogens (tertiary/aromatic N) is 3. The van der Waals surface area contributed by atoms with Crippen LogP contribution in [0, 0.1) is 0 Å². The van der Waals surface area contributed by atoms with Crippen LogP contribution in [0.5, 0.6) is 0 Å². The van der Waals surface area contributed by atoms with Crippen molar-refractivity contribution in [3.8, 4) is 0 Å². The minimum absolute atomic E-state index is 0.456. The molecular formula is C10H14N4O2S. The molecule has 0 aliphatic heterocycles. The van der Waals surface area contributed by atoms with Crippen LogP contribution in [0.4, 0.5) is 10.6 Å². The van der Waals surface area contributed by atoms with Gasteiger partial charge in [-0.2, -0.15) is 10.1 Å². The highest BCUT2D eigenvalue weighted by Gasteiger charge is 2.09. The van der Waals surface area contributed by atoms with Crippen molar-refractivity contribution < 1.29 is 9.53 Å². The van der Waals surface area contributed by atoms with E-state index in [4.69, 9.17) is 0 Å². The average Bonchev–Trinajstić information content (AvgIpc) is 2.83. The Morgan fingerprint density at radius 2 is 2.47 bits per heavy atom. The molecule has 17 heavy (non-hydrogen) atoms. The van der Waals surface area contributed by atoms with Gasteiger partial charge < -0.3 is 4.74 Å². The zero-order valence-corrected chi connectivity index (χ0v) is 10.6. The number of fused-ring (bicyclic) bond motifs is 1. The lowest BCUT2D eigenvalue weighted by molar-refractivity contribution is 0.187. The summed E-state index contributed by atoms with van der Waals surface area (Å²) in [5.41, 5.74) is 0. The molecule has 2 aromatic rings. The zero-order chi connectivity index (χ0) is 12.3. The van der Waals surface area contributed by atoms with Crippen molar-refractivity contribution in [2.24, 2.45) is 0 Å². The number of carbonyl (C=O) groups is 1. The second-order valence-corrected chi connectivity index (χ2v) is 4.61. The summed E-state index contributed by atoms with van der Waals surface area (Å²) in [4.78, 5) is 16.0. The van der Waals surface area contributed by atoms with E-state index in [1.165, 1.54) is 7.11 Å². The van der Waals surface area contributed by atoms with Crippen molar-refractivity contribution in [3.63, 3.8) is 0 Å². The highest BCUT2D eigenvalue weighted by Crippen LogP contribution is 2.18. The van der Waals surface area contributed by atoms with Gasteiger partial charge in [0.25, 0.3) is 0 Å². The van der Waals surface area contributed by atoms with Gasteiger partial charge in [-0.05, 0) is 6.42 Å². The van der Waals surface area contributed by atoms with Gasteiger partial charge in [-0.25, -0.2) is 9.31 Å². The molecule has 1 N–H and O–H groups in total. The van der Waals surface area contributed by atoms with Crippen LogP contribution in [0.3, 0.4) is 0 Å². The van der Waals surface area contributed by atoms with Crippen LogP contribution in [-0.4, -0.2) is 27.8 Å². The smallest absolute Gasteiger partial charge is 0.412 e. The van der Waals surface area contributed by atoms with Gasteiger partial charge in [0, 0.05) is 6.42 Å². The molecule has 7 heteroatoms. The molecule has 0 unspecified atom stereocenters. The second kappa shape index (κ2) is 5.13. The first-order valence-electron chi connectivity index (χ1n) is 5.43. The number of imidazole rings is 1. The Labute approximate surface area is 103 Å². The molecular weight excluding hydrogens is 240 g/mol. The minimum Gasteiger partial charge on any atom is -0.453 e. The Morgan fingerprint density at radius 1 is 1.65 bits per heavy atom. The first kappa shape index (κ1) is 11.8. The SMILES string of the molecule is CCCCc1nn2cc(NC(=O)OC)nc2s1. The highest BCUT2D eigenvalue weighted by atomic mass is 32.1. The van der Waals surface area contributed by atoms with E-state index < -0.39 is 6.09 Å². The maximum absolute atomic E-state index is 11.0. The first-order valence-corrected chi connectivity index (χ1v) is 6.24. The summed E-state index contributed by atoms with van der Waals surface area (Å²) in [6.45, 7) is 2.15. The molecule has 0 radical (unpaired) electrons. The molecule has 2 heterocycles. The third-order valence-corrected chi connectivity index (χ3v) is 3.23. The fourth-order valence-electron chi connectivity index (χ4n) is 1.39. The summed E-state index contributed by atoms with van der Waals surface area (Å²) in [7, 11) is 1.31. The Balaban J connectivity index is 2.11. The minimum atomic E-state index is -0.526. The van der Waals surface area contributed by atoms with Gasteiger partial charge in [-0.1, -0.05) is 24.7 Å². The summed E-state index contributed by atoms with van der Waals surface area (Å²) in [6, 6.07) is 0. The van der Waals surface area contributed by atoms with Gasteiger partial charge in [-0.3, -0.25) is 5.32 Å². The summed E-state index contributed by atoms with van der Waals surface area (Å²) < 4.78 is 6.17. The Bertz CT molecular complexity index is 488. The van der Waals surface area contributed by atoms with Crippen molar-refractivity contribution in [3.05, 3.63) is 11.2 Å². The fourth-order valence-corrected chi connectivity index (χ4v) is 2.30. The van der Waals surface area contributed by atoms with E-state index in [-0.39, 0.29) is 0 Å². The third kappa shape index (κ3) is 2.73. The van der Waals surface area contributed by atoms with Crippen LogP contribution in [0.15, 0.2) is 6.20 Å². The van der Waals surface area contributed by atoms with Gasteiger partial charge in [0.1, 0.15) is 5.01 Å². The van der Waals surface area contributed by atoms with Crippen LogP contribution >= 0.6 is 11.3 Å². The number of aryl methyl sites for hydroxylation is 1. The van der Waals surface area contributed by atoms with E-state index >= 15 is 0 Å². The van der Waals surface area contributed by atoms with E-state index in [1.54, 1.807) is 22.0 Å². The number of ether oxygens (including phenoxy) is 1. The number of anilines is 1. The number of carbonyl (C=O) groups excluding carboxylic acids is 1. The van der Waals surface area contributed by atoms with Gasteiger partial charge >= 0.3 is 6.09 Å². The fraction of sp³-hybridized carbons (Fsp3) is 0.500. The number of nitrogens with one attached hydrogen (secondary N) is 1. The number of methoxy groups -OCH3 is 1. The molecule has 0 aliphatic rings. The standard InChI is InChI=1S/C10H14N4O2S/c1-3-4-5-8-13-14-6-7(11-9(14)17-8)12-10(15)16-2/h6H,3-5H2,1-2H3,(H,12,15). The third-order valence-electron chi connectivity index (χ3n) is 2.24. The monoisotopic (exact) mass is 254 g/mol. The highest BCUT2D eigenvalue weighted by molar-refractivity contribution is 7.16. The van der Waals surface area contributed by atoms with Crippen LogP contribution < -0.4 is 5.32 Å². The predicted octanol–water partition coefficient (Wildman–Crippen LogP) is 2.31. The Morgan fingerprint density at radius 3 is 3.12 bits per heavy atom. The van der Waals surface area contributed by atoms with Crippen LogP contribution in [0.2, 0.25) is 0 Å². The molecule has 92 valence electrons. The molecule has 1 amide bonds. The van der Waals surface area contributed by atoms with E-state index in [0.29, 0.717) is 5.82 Å². The predicted molar refractivity (Wildman–Crippen MR) is 65.5 cm³/mol. The molecule has 0 fully saturated rings. The molecule has 0 saturated heterocycles. The molecule has 0 aromatic carbocycles. The topological polar surface area (TPSA) is 68.5 Å². The number of rotatable bonds is 4. The normalized spacial score (nSPS) is 10.7. The lowest BCUT2D eigenvalue weighted by Crippen LogP contribution is -2.10. The van der Waals surface area contributed by atoms with Crippen molar-refractivity contribution in [2.45, 2.75) is 26.2 Å². The van der Waals surface area contributed by atoms with Crippen LogP contribution in [0.1, 0.15) is 24.8 Å². The molecule has 0 spiro atoms. The van der Waals surface area contributed by atoms with Crippen LogP contribution in [-0.2, 0) is 11.2 Å². The average molecular weight is 254 g/mol. The maximum atomic E-state index is 11.0.